The summed E-state index contributed by atoms with van der Waals surface area (Å²) in [6.07, 6.45) is 3.73. The van der Waals surface area contributed by atoms with Gasteiger partial charge in [-0.25, -0.2) is 0 Å². The summed E-state index contributed by atoms with van der Waals surface area (Å²) < 4.78 is 0. The van der Waals surface area contributed by atoms with Gasteiger partial charge in [-0.1, -0.05) is 18.2 Å². The van der Waals surface area contributed by atoms with Gasteiger partial charge in [0, 0.05) is 6.04 Å². The number of aliphatic carboxylic acids is 1. The normalized spacial score (nSPS) is 23.8. The maximum atomic E-state index is 11.0. The minimum atomic E-state index is -0.620. The monoisotopic (exact) mass is 289 g/mol. The molecule has 1 aliphatic rings. The molecule has 1 aromatic carbocycles. The lowest BCUT2D eigenvalue weighted by Gasteiger charge is -2.27. The van der Waals surface area contributed by atoms with E-state index in [2.05, 4.69) is 44.3 Å². The van der Waals surface area contributed by atoms with Crippen LogP contribution in [-0.4, -0.2) is 17.6 Å². The molecule has 116 valence electrons. The minimum absolute atomic E-state index is 0.113. The molecule has 1 saturated carbocycles. The molecule has 0 heterocycles. The Morgan fingerprint density at radius 2 is 1.90 bits per heavy atom. The Balaban J connectivity index is 1.80. The molecular weight excluding hydrogens is 262 g/mol. The lowest BCUT2D eigenvalue weighted by atomic mass is 9.82. The van der Waals surface area contributed by atoms with E-state index >= 15 is 0 Å². The summed E-state index contributed by atoms with van der Waals surface area (Å²) in [6.45, 7) is 7.48. The molecule has 3 heteroatoms. The van der Waals surface area contributed by atoms with Crippen LogP contribution < -0.4 is 5.32 Å². The van der Waals surface area contributed by atoms with Crippen molar-refractivity contribution in [1.82, 2.24) is 5.32 Å². The van der Waals surface area contributed by atoms with E-state index < -0.39 is 5.97 Å². The van der Waals surface area contributed by atoms with Crippen LogP contribution in [0, 0.1) is 25.7 Å². The molecule has 1 fully saturated rings. The number of benzene rings is 1. The molecule has 0 spiro atoms. The quantitative estimate of drug-likeness (QED) is 0.865. The van der Waals surface area contributed by atoms with Gasteiger partial charge < -0.3 is 10.4 Å². The Labute approximate surface area is 127 Å². The largest absolute Gasteiger partial charge is 0.481 e. The maximum Gasteiger partial charge on any atom is 0.306 e. The van der Waals surface area contributed by atoms with E-state index in [-0.39, 0.29) is 5.92 Å². The van der Waals surface area contributed by atoms with Crippen LogP contribution >= 0.6 is 0 Å². The Bertz CT molecular complexity index is 490. The van der Waals surface area contributed by atoms with Gasteiger partial charge in [-0.05, 0) is 75.6 Å². The number of nitrogens with one attached hydrogen (secondary N) is 1. The first-order valence-electron chi connectivity index (χ1n) is 8.00. The molecule has 0 saturated heterocycles. The van der Waals surface area contributed by atoms with Crippen LogP contribution in [0.5, 0.6) is 0 Å². The zero-order valence-electron chi connectivity index (χ0n) is 13.4. The standard InChI is InChI=1S/C18H27NO2/c1-12-4-7-17(10-13(12)2)14(3)19-11-15-5-8-16(9-6-15)18(20)21/h4,7,10,14-16,19H,5-6,8-9,11H2,1-3H3,(H,20,21). The van der Waals surface area contributed by atoms with Crippen LogP contribution in [0.2, 0.25) is 0 Å². The molecule has 1 aromatic rings. The molecular formula is C18H27NO2. The highest BCUT2D eigenvalue weighted by Crippen LogP contribution is 2.29. The smallest absolute Gasteiger partial charge is 0.306 e. The molecule has 0 amide bonds. The predicted molar refractivity (Wildman–Crippen MR) is 85.4 cm³/mol. The lowest BCUT2D eigenvalue weighted by molar-refractivity contribution is -0.143. The number of hydrogen-bond donors (Lipinski definition) is 2. The topological polar surface area (TPSA) is 49.3 Å². The van der Waals surface area contributed by atoms with Gasteiger partial charge in [-0.3, -0.25) is 4.79 Å². The number of aryl methyl sites for hydroxylation is 2. The molecule has 1 unspecified atom stereocenters. The number of rotatable bonds is 5. The molecule has 0 bridgehead atoms. The molecule has 21 heavy (non-hydrogen) atoms. The zero-order valence-corrected chi connectivity index (χ0v) is 13.4. The average Bonchev–Trinajstić information content (AvgIpc) is 2.48. The fourth-order valence-electron chi connectivity index (χ4n) is 3.11. The minimum Gasteiger partial charge on any atom is -0.481 e. The van der Waals surface area contributed by atoms with Crippen molar-refractivity contribution in [3.05, 3.63) is 34.9 Å². The van der Waals surface area contributed by atoms with Gasteiger partial charge in [0.15, 0.2) is 0 Å². The van der Waals surface area contributed by atoms with Gasteiger partial charge >= 0.3 is 5.97 Å². The first-order valence-corrected chi connectivity index (χ1v) is 8.00. The van der Waals surface area contributed by atoms with Crippen LogP contribution in [0.3, 0.4) is 0 Å². The highest BCUT2D eigenvalue weighted by molar-refractivity contribution is 5.69. The van der Waals surface area contributed by atoms with Crippen molar-refractivity contribution in [2.24, 2.45) is 11.8 Å². The first-order chi connectivity index (χ1) is 9.97. The molecule has 0 aliphatic heterocycles. The molecule has 2 N–H and O–H groups in total. The van der Waals surface area contributed by atoms with Crippen molar-refractivity contribution in [3.63, 3.8) is 0 Å². The Morgan fingerprint density at radius 3 is 2.48 bits per heavy atom. The third-order valence-corrected chi connectivity index (χ3v) is 4.94. The zero-order chi connectivity index (χ0) is 15.4. The number of hydrogen-bond acceptors (Lipinski definition) is 2. The van der Waals surface area contributed by atoms with Gasteiger partial charge in [0.05, 0.1) is 5.92 Å². The molecule has 1 atom stereocenters. The Morgan fingerprint density at radius 1 is 1.24 bits per heavy atom. The van der Waals surface area contributed by atoms with Crippen LogP contribution in [-0.2, 0) is 4.79 Å². The van der Waals surface area contributed by atoms with Gasteiger partial charge in [0.2, 0.25) is 0 Å². The first kappa shape index (κ1) is 16.0. The summed E-state index contributed by atoms with van der Waals surface area (Å²) in [5.74, 6) is -0.113. The third kappa shape index (κ3) is 4.31. The lowest BCUT2D eigenvalue weighted by Crippen LogP contribution is -2.30. The van der Waals surface area contributed by atoms with Crippen molar-refractivity contribution >= 4 is 5.97 Å². The second kappa shape index (κ2) is 7.08. The van der Waals surface area contributed by atoms with E-state index in [4.69, 9.17) is 5.11 Å². The second-order valence-corrected chi connectivity index (χ2v) is 6.53. The number of carboxylic acids is 1. The van der Waals surface area contributed by atoms with Gasteiger partial charge in [-0.15, -0.1) is 0 Å². The second-order valence-electron chi connectivity index (χ2n) is 6.53. The Kier molecular flexibility index (Phi) is 5.40. The van der Waals surface area contributed by atoms with Gasteiger partial charge in [0.1, 0.15) is 0 Å². The highest BCUT2D eigenvalue weighted by atomic mass is 16.4. The van der Waals surface area contributed by atoms with Gasteiger partial charge in [-0.2, -0.15) is 0 Å². The van der Waals surface area contributed by atoms with E-state index in [1.54, 1.807) is 0 Å². The molecule has 3 nitrogen and oxygen atoms in total. The van der Waals surface area contributed by atoms with Crippen LogP contribution in [0.25, 0.3) is 0 Å². The molecule has 0 radical (unpaired) electrons. The van der Waals surface area contributed by atoms with Crippen LogP contribution in [0.4, 0.5) is 0 Å². The fraction of sp³-hybridized carbons (Fsp3) is 0.611. The SMILES string of the molecule is Cc1ccc(C(C)NCC2CCC(C(=O)O)CC2)cc1C. The predicted octanol–water partition coefficient (Wildman–Crippen LogP) is 3.85. The summed E-state index contributed by atoms with van der Waals surface area (Å²) >= 11 is 0. The van der Waals surface area contributed by atoms with Gasteiger partial charge in [0.25, 0.3) is 0 Å². The molecule has 2 rings (SSSR count). The summed E-state index contributed by atoms with van der Waals surface area (Å²) in [6, 6.07) is 6.98. The van der Waals surface area contributed by atoms with Crippen molar-refractivity contribution in [2.75, 3.05) is 6.54 Å². The summed E-state index contributed by atoms with van der Waals surface area (Å²) in [7, 11) is 0. The summed E-state index contributed by atoms with van der Waals surface area (Å²) in [5, 5.41) is 12.6. The van der Waals surface area contributed by atoms with Crippen molar-refractivity contribution in [3.8, 4) is 0 Å². The van der Waals surface area contributed by atoms with Crippen molar-refractivity contribution in [2.45, 2.75) is 52.5 Å². The summed E-state index contributed by atoms with van der Waals surface area (Å²) in [5.41, 5.74) is 4.00. The molecule has 0 aromatic heterocycles. The Hall–Kier alpha value is -1.35. The average molecular weight is 289 g/mol. The number of carbonyl (C=O) groups is 1. The van der Waals surface area contributed by atoms with E-state index in [1.165, 1.54) is 16.7 Å². The van der Waals surface area contributed by atoms with Crippen LogP contribution in [0.15, 0.2) is 18.2 Å². The highest BCUT2D eigenvalue weighted by Gasteiger charge is 2.25. The van der Waals surface area contributed by atoms with E-state index in [0.717, 1.165) is 32.2 Å². The fourth-order valence-corrected chi connectivity index (χ4v) is 3.11. The maximum absolute atomic E-state index is 11.0. The van der Waals surface area contributed by atoms with E-state index in [0.29, 0.717) is 12.0 Å². The van der Waals surface area contributed by atoms with Crippen LogP contribution in [0.1, 0.15) is 55.3 Å². The third-order valence-electron chi connectivity index (χ3n) is 4.94. The molecule has 1 aliphatic carbocycles. The van der Waals surface area contributed by atoms with E-state index in [9.17, 15) is 4.79 Å². The van der Waals surface area contributed by atoms with Crippen molar-refractivity contribution in [1.29, 1.82) is 0 Å². The van der Waals surface area contributed by atoms with E-state index in [1.807, 2.05) is 0 Å². The summed E-state index contributed by atoms with van der Waals surface area (Å²) in [4.78, 5) is 11.0. The number of carboxylic acid groups (broad SMARTS) is 1. The van der Waals surface area contributed by atoms with Crippen molar-refractivity contribution < 1.29 is 9.90 Å².